The Morgan fingerprint density at radius 3 is 2.26 bits per heavy atom. The Balaban J connectivity index is 1.66. The fourth-order valence-electron chi connectivity index (χ4n) is 3.41. The molecule has 1 unspecified atom stereocenters. The molecule has 1 heterocycles. The summed E-state index contributed by atoms with van der Waals surface area (Å²) < 4.78 is 23.4. The van der Waals surface area contributed by atoms with Crippen molar-refractivity contribution in [2.24, 2.45) is 0 Å². The molecule has 0 bridgehead atoms. The van der Waals surface area contributed by atoms with E-state index in [0.717, 1.165) is 11.3 Å². The molecule has 27 heavy (non-hydrogen) atoms. The molecule has 0 spiro atoms. The van der Waals surface area contributed by atoms with Gasteiger partial charge in [-0.2, -0.15) is 0 Å². The third-order valence-corrected chi connectivity index (χ3v) is 6.81. The van der Waals surface area contributed by atoms with Gasteiger partial charge in [-0.3, -0.25) is 4.79 Å². The summed E-state index contributed by atoms with van der Waals surface area (Å²) in [6.45, 7) is 1.07. The van der Waals surface area contributed by atoms with Crippen LogP contribution in [0.1, 0.15) is 18.4 Å². The van der Waals surface area contributed by atoms with Gasteiger partial charge in [0.2, 0.25) is 5.91 Å². The molecule has 144 valence electrons. The van der Waals surface area contributed by atoms with Gasteiger partial charge in [0.15, 0.2) is 9.84 Å². The third-order valence-electron chi connectivity index (χ3n) is 5.06. The Kier molecular flexibility index (Phi) is 6.29. The molecule has 1 amide bonds. The number of amides is 1. The summed E-state index contributed by atoms with van der Waals surface area (Å²) in [7, 11) is -1.01. The van der Waals surface area contributed by atoms with E-state index in [1.807, 2.05) is 72.6 Å². The van der Waals surface area contributed by atoms with Crippen molar-refractivity contribution in [3.8, 4) is 0 Å². The topological polar surface area (TPSA) is 57.7 Å². The average Bonchev–Trinajstić information content (AvgIpc) is 3.05. The number of rotatable bonds is 7. The van der Waals surface area contributed by atoms with Gasteiger partial charge in [-0.25, -0.2) is 8.42 Å². The number of sulfone groups is 1. The van der Waals surface area contributed by atoms with Crippen LogP contribution in [0, 0.1) is 0 Å². The normalized spacial score (nSPS) is 18.5. The van der Waals surface area contributed by atoms with Crippen LogP contribution in [-0.4, -0.2) is 50.4 Å². The van der Waals surface area contributed by atoms with Gasteiger partial charge in [0, 0.05) is 24.7 Å². The SMILES string of the molecule is CN(CCC(=O)N(Cc1ccccc1)c1ccccc1)C1CCS(=O)(=O)C1. The van der Waals surface area contributed by atoms with Crippen LogP contribution in [0.4, 0.5) is 5.69 Å². The van der Waals surface area contributed by atoms with E-state index in [2.05, 4.69) is 0 Å². The van der Waals surface area contributed by atoms with Gasteiger partial charge in [-0.15, -0.1) is 0 Å². The minimum absolute atomic E-state index is 0.0158. The molecule has 1 aliphatic heterocycles. The Morgan fingerprint density at radius 1 is 1.04 bits per heavy atom. The van der Waals surface area contributed by atoms with Gasteiger partial charge in [0.1, 0.15) is 0 Å². The van der Waals surface area contributed by atoms with Crippen LogP contribution >= 0.6 is 0 Å². The van der Waals surface area contributed by atoms with Gasteiger partial charge < -0.3 is 9.80 Å². The summed E-state index contributed by atoms with van der Waals surface area (Å²) in [6, 6.07) is 19.6. The second-order valence-electron chi connectivity index (χ2n) is 7.09. The highest BCUT2D eigenvalue weighted by Gasteiger charge is 2.30. The molecule has 0 aromatic heterocycles. The van der Waals surface area contributed by atoms with Crippen LogP contribution in [-0.2, 0) is 21.2 Å². The first-order valence-electron chi connectivity index (χ1n) is 9.24. The number of carbonyl (C=O) groups excluding carboxylic acids is 1. The molecule has 2 aromatic rings. The maximum Gasteiger partial charge on any atom is 0.228 e. The van der Waals surface area contributed by atoms with Crippen LogP contribution < -0.4 is 4.90 Å². The molecule has 1 atom stereocenters. The number of carbonyl (C=O) groups is 1. The first kappa shape index (κ1) is 19.6. The van der Waals surface area contributed by atoms with Crippen molar-refractivity contribution in [3.05, 3.63) is 66.2 Å². The van der Waals surface area contributed by atoms with E-state index in [0.29, 0.717) is 25.9 Å². The van der Waals surface area contributed by atoms with Crippen LogP contribution in [0.3, 0.4) is 0 Å². The first-order chi connectivity index (χ1) is 12.9. The molecular weight excluding hydrogens is 360 g/mol. The number of para-hydroxylation sites is 1. The van der Waals surface area contributed by atoms with E-state index < -0.39 is 9.84 Å². The summed E-state index contributed by atoms with van der Waals surface area (Å²) in [5.41, 5.74) is 1.95. The first-order valence-corrected chi connectivity index (χ1v) is 11.1. The fourth-order valence-corrected chi connectivity index (χ4v) is 5.22. The van der Waals surface area contributed by atoms with E-state index in [1.165, 1.54) is 0 Å². The number of nitrogens with zero attached hydrogens (tertiary/aromatic N) is 2. The minimum atomic E-state index is -2.92. The molecule has 0 aliphatic carbocycles. The number of hydrogen-bond donors (Lipinski definition) is 0. The summed E-state index contributed by atoms with van der Waals surface area (Å²) in [4.78, 5) is 16.8. The number of hydrogen-bond acceptors (Lipinski definition) is 4. The van der Waals surface area contributed by atoms with Crippen LogP contribution in [0.25, 0.3) is 0 Å². The van der Waals surface area contributed by atoms with Gasteiger partial charge in [0.05, 0.1) is 18.1 Å². The van der Waals surface area contributed by atoms with Crippen LogP contribution in [0.5, 0.6) is 0 Å². The lowest BCUT2D eigenvalue weighted by Crippen LogP contribution is -2.37. The van der Waals surface area contributed by atoms with Crippen molar-refractivity contribution < 1.29 is 13.2 Å². The van der Waals surface area contributed by atoms with E-state index >= 15 is 0 Å². The Bertz CT molecular complexity index is 854. The number of benzene rings is 2. The zero-order chi connectivity index (χ0) is 19.3. The molecular formula is C21H26N2O3S. The number of anilines is 1. The lowest BCUT2D eigenvalue weighted by molar-refractivity contribution is -0.119. The largest absolute Gasteiger partial charge is 0.308 e. The van der Waals surface area contributed by atoms with Gasteiger partial charge >= 0.3 is 0 Å². The fraction of sp³-hybridized carbons (Fsp3) is 0.381. The van der Waals surface area contributed by atoms with E-state index in [1.54, 1.807) is 4.90 Å². The second kappa shape index (κ2) is 8.67. The molecule has 1 fully saturated rings. The van der Waals surface area contributed by atoms with Gasteiger partial charge in [0.25, 0.3) is 0 Å². The summed E-state index contributed by atoms with van der Waals surface area (Å²) in [5, 5.41) is 0. The lowest BCUT2D eigenvalue weighted by Gasteiger charge is -2.26. The standard InChI is InChI=1S/C21H26N2O3S/c1-22(20-13-15-27(25,26)17-20)14-12-21(24)23(19-10-6-3-7-11-19)16-18-8-4-2-5-9-18/h2-11,20H,12-17H2,1H3. The van der Waals surface area contributed by atoms with Crippen molar-refractivity contribution >= 4 is 21.4 Å². The van der Waals surface area contributed by atoms with E-state index in [-0.39, 0.29) is 23.5 Å². The highest BCUT2D eigenvalue weighted by atomic mass is 32.2. The molecule has 2 aromatic carbocycles. The van der Waals surface area contributed by atoms with Crippen molar-refractivity contribution in [2.75, 3.05) is 30.0 Å². The Morgan fingerprint density at radius 2 is 1.67 bits per heavy atom. The second-order valence-corrected chi connectivity index (χ2v) is 9.32. The Hall–Kier alpha value is -2.18. The van der Waals surface area contributed by atoms with Crippen molar-refractivity contribution in [3.63, 3.8) is 0 Å². The monoisotopic (exact) mass is 386 g/mol. The Labute approximate surface area is 161 Å². The van der Waals surface area contributed by atoms with Crippen LogP contribution in [0.2, 0.25) is 0 Å². The van der Waals surface area contributed by atoms with Crippen molar-refractivity contribution in [2.45, 2.75) is 25.4 Å². The smallest absolute Gasteiger partial charge is 0.228 e. The molecule has 6 heteroatoms. The molecule has 0 radical (unpaired) electrons. The van der Waals surface area contributed by atoms with E-state index in [4.69, 9.17) is 0 Å². The molecule has 1 aliphatic rings. The zero-order valence-corrected chi connectivity index (χ0v) is 16.4. The predicted octanol–water partition coefficient (Wildman–Crippen LogP) is 2.73. The zero-order valence-electron chi connectivity index (χ0n) is 15.6. The average molecular weight is 387 g/mol. The molecule has 0 saturated carbocycles. The van der Waals surface area contributed by atoms with Crippen molar-refractivity contribution in [1.82, 2.24) is 4.90 Å². The maximum atomic E-state index is 13.0. The minimum Gasteiger partial charge on any atom is -0.308 e. The summed E-state index contributed by atoms with van der Waals surface area (Å²) >= 11 is 0. The quantitative estimate of drug-likeness (QED) is 0.734. The van der Waals surface area contributed by atoms with Crippen LogP contribution in [0.15, 0.2) is 60.7 Å². The predicted molar refractivity (Wildman–Crippen MR) is 108 cm³/mol. The molecule has 0 N–H and O–H groups in total. The third kappa shape index (κ3) is 5.40. The maximum absolute atomic E-state index is 13.0. The summed E-state index contributed by atoms with van der Waals surface area (Å²) in [6.07, 6.45) is 1.01. The van der Waals surface area contributed by atoms with Gasteiger partial charge in [-0.05, 0) is 31.2 Å². The molecule has 1 saturated heterocycles. The highest BCUT2D eigenvalue weighted by molar-refractivity contribution is 7.91. The molecule has 5 nitrogen and oxygen atoms in total. The van der Waals surface area contributed by atoms with Crippen molar-refractivity contribution in [1.29, 1.82) is 0 Å². The lowest BCUT2D eigenvalue weighted by atomic mass is 10.1. The highest BCUT2D eigenvalue weighted by Crippen LogP contribution is 2.20. The summed E-state index contributed by atoms with van der Waals surface area (Å²) in [5.74, 6) is 0.488. The molecule has 3 rings (SSSR count). The van der Waals surface area contributed by atoms with E-state index in [9.17, 15) is 13.2 Å². The van der Waals surface area contributed by atoms with Gasteiger partial charge in [-0.1, -0.05) is 48.5 Å².